The maximum atomic E-state index is 12.5. The molecule has 6 heteroatoms. The van der Waals surface area contributed by atoms with Crippen LogP contribution < -0.4 is 4.72 Å². The number of aromatic nitrogens is 1. The summed E-state index contributed by atoms with van der Waals surface area (Å²) in [5.41, 5.74) is 2.52. The zero-order valence-corrected chi connectivity index (χ0v) is 14.9. The minimum atomic E-state index is -3.63. The molecule has 0 amide bonds. The first-order chi connectivity index (χ1) is 11.1. The van der Waals surface area contributed by atoms with Gasteiger partial charge in [0.15, 0.2) is 5.58 Å². The Morgan fingerprint density at radius 3 is 2.33 bits per heavy atom. The molecule has 3 rings (SSSR count). The van der Waals surface area contributed by atoms with Crippen LogP contribution in [0.1, 0.15) is 32.2 Å². The highest BCUT2D eigenvalue weighted by Crippen LogP contribution is 2.28. The van der Waals surface area contributed by atoms with Crippen LogP contribution in [0.5, 0.6) is 0 Å². The minimum absolute atomic E-state index is 0.208. The van der Waals surface area contributed by atoms with Crippen molar-refractivity contribution in [3.63, 3.8) is 0 Å². The number of anilines is 1. The second-order valence-corrected chi connectivity index (χ2v) is 8.55. The van der Waals surface area contributed by atoms with E-state index < -0.39 is 10.0 Å². The van der Waals surface area contributed by atoms with Gasteiger partial charge in [-0.15, -0.1) is 0 Å². The van der Waals surface area contributed by atoms with Gasteiger partial charge >= 0.3 is 0 Å². The molecule has 0 unspecified atom stereocenters. The number of fused-ring (bicyclic) bond motifs is 1. The molecule has 0 fully saturated rings. The van der Waals surface area contributed by atoms with E-state index in [9.17, 15) is 8.42 Å². The second-order valence-electron chi connectivity index (χ2n) is 6.87. The highest BCUT2D eigenvalue weighted by atomic mass is 32.2. The van der Waals surface area contributed by atoms with Crippen LogP contribution in [0.2, 0.25) is 0 Å². The van der Waals surface area contributed by atoms with Crippen LogP contribution in [0.15, 0.2) is 51.8 Å². The quantitative estimate of drug-likeness (QED) is 0.771. The fourth-order valence-corrected chi connectivity index (χ4v) is 3.29. The van der Waals surface area contributed by atoms with E-state index >= 15 is 0 Å². The molecule has 1 aromatic heterocycles. The predicted molar refractivity (Wildman–Crippen MR) is 94.7 cm³/mol. The molecule has 0 aliphatic rings. The summed E-state index contributed by atoms with van der Waals surface area (Å²) in [5, 5.41) is 0. The average Bonchev–Trinajstić information content (AvgIpc) is 2.90. The Bertz CT molecular complexity index is 981. The molecular formula is C18H20N2O3S. The van der Waals surface area contributed by atoms with E-state index in [1.807, 2.05) is 27.7 Å². The van der Waals surface area contributed by atoms with E-state index in [4.69, 9.17) is 4.42 Å². The maximum Gasteiger partial charge on any atom is 0.261 e. The molecule has 0 atom stereocenters. The fourth-order valence-electron chi connectivity index (χ4n) is 2.24. The van der Waals surface area contributed by atoms with Gasteiger partial charge in [0.05, 0.1) is 10.6 Å². The first kappa shape index (κ1) is 16.5. The van der Waals surface area contributed by atoms with E-state index in [1.165, 1.54) is 0 Å². The largest absolute Gasteiger partial charge is 0.440 e. The molecular weight excluding hydrogens is 324 g/mol. The van der Waals surface area contributed by atoms with E-state index in [-0.39, 0.29) is 10.3 Å². The summed E-state index contributed by atoms with van der Waals surface area (Å²) >= 11 is 0. The average molecular weight is 344 g/mol. The molecule has 2 aromatic carbocycles. The summed E-state index contributed by atoms with van der Waals surface area (Å²) in [7, 11) is -3.63. The van der Waals surface area contributed by atoms with Gasteiger partial charge in [0.2, 0.25) is 5.89 Å². The van der Waals surface area contributed by atoms with Crippen LogP contribution in [0.25, 0.3) is 11.1 Å². The standard InChI is InChI=1S/C18H20N2O3S/c1-12-5-8-14(9-6-12)24(21,22)20-13-7-10-16-15(11-13)19-17(23-16)18(2,3)4/h5-11,20H,1-4H3. The van der Waals surface area contributed by atoms with Crippen LogP contribution in [0.4, 0.5) is 5.69 Å². The molecule has 0 spiro atoms. The van der Waals surface area contributed by atoms with Crippen LogP contribution in [0, 0.1) is 6.92 Å². The van der Waals surface area contributed by atoms with Gasteiger partial charge in [0.25, 0.3) is 10.0 Å². The molecule has 24 heavy (non-hydrogen) atoms. The number of oxazole rings is 1. The van der Waals surface area contributed by atoms with Crippen molar-refractivity contribution in [1.29, 1.82) is 0 Å². The van der Waals surface area contributed by atoms with Crippen molar-refractivity contribution in [3.8, 4) is 0 Å². The van der Waals surface area contributed by atoms with Crippen molar-refractivity contribution < 1.29 is 12.8 Å². The number of hydrogen-bond donors (Lipinski definition) is 1. The highest BCUT2D eigenvalue weighted by molar-refractivity contribution is 7.92. The highest BCUT2D eigenvalue weighted by Gasteiger charge is 2.21. The lowest BCUT2D eigenvalue weighted by molar-refractivity contribution is 0.411. The number of aryl methyl sites for hydroxylation is 1. The molecule has 5 nitrogen and oxygen atoms in total. The lowest BCUT2D eigenvalue weighted by Crippen LogP contribution is -2.12. The molecule has 126 valence electrons. The molecule has 3 aromatic rings. The third-order valence-electron chi connectivity index (χ3n) is 3.61. The summed E-state index contributed by atoms with van der Waals surface area (Å²) in [4.78, 5) is 4.68. The SMILES string of the molecule is Cc1ccc(S(=O)(=O)Nc2ccc3oc(C(C)(C)C)nc3c2)cc1. The Labute approximate surface area is 141 Å². The Hall–Kier alpha value is -2.34. The molecule has 0 saturated heterocycles. The van der Waals surface area contributed by atoms with Gasteiger partial charge in [-0.1, -0.05) is 38.5 Å². The Morgan fingerprint density at radius 2 is 1.71 bits per heavy atom. The monoisotopic (exact) mass is 344 g/mol. The Balaban J connectivity index is 1.93. The van der Waals surface area contributed by atoms with Crippen LogP contribution >= 0.6 is 0 Å². The summed E-state index contributed by atoms with van der Waals surface area (Å²) < 4.78 is 33.2. The van der Waals surface area contributed by atoms with Gasteiger partial charge in [0.1, 0.15) is 5.52 Å². The number of benzene rings is 2. The van der Waals surface area contributed by atoms with Gasteiger partial charge in [-0.05, 0) is 37.3 Å². The van der Waals surface area contributed by atoms with E-state index in [0.29, 0.717) is 22.7 Å². The van der Waals surface area contributed by atoms with Crippen LogP contribution in [0.3, 0.4) is 0 Å². The van der Waals surface area contributed by atoms with E-state index in [1.54, 1.807) is 42.5 Å². The summed E-state index contributed by atoms with van der Waals surface area (Å²) in [5.74, 6) is 0.621. The van der Waals surface area contributed by atoms with E-state index in [0.717, 1.165) is 5.56 Å². The molecule has 1 N–H and O–H groups in total. The Morgan fingerprint density at radius 1 is 1.04 bits per heavy atom. The molecule has 0 aliphatic carbocycles. The van der Waals surface area contributed by atoms with Gasteiger partial charge in [-0.3, -0.25) is 4.72 Å². The van der Waals surface area contributed by atoms with E-state index in [2.05, 4.69) is 9.71 Å². The van der Waals surface area contributed by atoms with Crippen molar-refractivity contribution >= 4 is 26.8 Å². The minimum Gasteiger partial charge on any atom is -0.440 e. The number of rotatable bonds is 3. The summed E-state index contributed by atoms with van der Waals surface area (Å²) in [6, 6.07) is 11.8. The van der Waals surface area contributed by atoms with Gasteiger partial charge < -0.3 is 4.42 Å². The predicted octanol–water partition coefficient (Wildman–Crippen LogP) is 4.23. The lowest BCUT2D eigenvalue weighted by Gasteiger charge is -2.11. The number of nitrogens with one attached hydrogen (secondary N) is 1. The number of sulfonamides is 1. The topological polar surface area (TPSA) is 72.2 Å². The van der Waals surface area contributed by atoms with Gasteiger partial charge in [0, 0.05) is 5.41 Å². The third kappa shape index (κ3) is 3.28. The smallest absolute Gasteiger partial charge is 0.261 e. The molecule has 0 saturated carbocycles. The molecule has 0 bridgehead atoms. The van der Waals surface area contributed by atoms with Crippen molar-refractivity contribution in [2.45, 2.75) is 38.0 Å². The Kier molecular flexibility index (Phi) is 3.87. The van der Waals surface area contributed by atoms with Crippen molar-refractivity contribution in [2.75, 3.05) is 4.72 Å². The molecule has 0 radical (unpaired) electrons. The first-order valence-corrected chi connectivity index (χ1v) is 9.14. The third-order valence-corrected chi connectivity index (χ3v) is 5.01. The number of nitrogens with zero attached hydrogens (tertiary/aromatic N) is 1. The fraction of sp³-hybridized carbons (Fsp3) is 0.278. The number of hydrogen-bond acceptors (Lipinski definition) is 4. The van der Waals surface area contributed by atoms with Crippen molar-refractivity contribution in [3.05, 3.63) is 53.9 Å². The maximum absolute atomic E-state index is 12.5. The van der Waals surface area contributed by atoms with Crippen molar-refractivity contribution in [1.82, 2.24) is 4.98 Å². The summed E-state index contributed by atoms with van der Waals surface area (Å²) in [6.07, 6.45) is 0. The van der Waals surface area contributed by atoms with Crippen molar-refractivity contribution in [2.24, 2.45) is 0 Å². The van der Waals surface area contributed by atoms with Gasteiger partial charge in [-0.25, -0.2) is 13.4 Å². The van der Waals surface area contributed by atoms with Crippen LogP contribution in [-0.4, -0.2) is 13.4 Å². The molecule has 1 heterocycles. The normalized spacial score (nSPS) is 12.5. The summed E-state index contributed by atoms with van der Waals surface area (Å²) in [6.45, 7) is 7.95. The van der Waals surface area contributed by atoms with Gasteiger partial charge in [-0.2, -0.15) is 0 Å². The zero-order chi connectivity index (χ0) is 17.5. The first-order valence-electron chi connectivity index (χ1n) is 7.66. The van der Waals surface area contributed by atoms with Crippen LogP contribution in [-0.2, 0) is 15.4 Å². The zero-order valence-electron chi connectivity index (χ0n) is 14.1. The lowest BCUT2D eigenvalue weighted by atomic mass is 9.97. The second kappa shape index (κ2) is 5.63. The molecule has 0 aliphatic heterocycles.